The summed E-state index contributed by atoms with van der Waals surface area (Å²) < 4.78 is 0. The highest BCUT2D eigenvalue weighted by Gasteiger charge is 2.36. The van der Waals surface area contributed by atoms with Crippen molar-refractivity contribution >= 4 is 39.2 Å². The molecular weight excluding hydrogens is 426 g/mol. The molecule has 0 saturated heterocycles. The van der Waals surface area contributed by atoms with Gasteiger partial charge in [-0.15, -0.1) is 23.1 Å². The van der Waals surface area contributed by atoms with Gasteiger partial charge in [-0.05, 0) is 44.7 Å². The first-order valence-corrected chi connectivity index (χ1v) is 12.7. The molecule has 1 aliphatic carbocycles. The molecule has 3 aromatic rings. The quantitative estimate of drug-likeness (QED) is 0.534. The molecule has 31 heavy (non-hydrogen) atoms. The largest absolute Gasteiger partial charge is 0.354 e. The summed E-state index contributed by atoms with van der Waals surface area (Å²) in [4.78, 5) is 34.7. The van der Waals surface area contributed by atoms with Crippen molar-refractivity contribution < 1.29 is 4.79 Å². The average Bonchev–Trinajstić information content (AvgIpc) is 3.36. The molecule has 1 unspecified atom stereocenters. The summed E-state index contributed by atoms with van der Waals surface area (Å²) in [6.07, 6.45) is 4.64. The number of H-pyrrole nitrogens is 1. The van der Waals surface area contributed by atoms with Gasteiger partial charge in [-0.3, -0.25) is 9.59 Å². The molecule has 2 heterocycles. The summed E-state index contributed by atoms with van der Waals surface area (Å²) in [5.41, 5.74) is 2.28. The molecule has 2 aromatic heterocycles. The van der Waals surface area contributed by atoms with E-state index in [-0.39, 0.29) is 22.1 Å². The van der Waals surface area contributed by atoms with Crippen LogP contribution < -0.4 is 10.9 Å². The Labute approximate surface area is 191 Å². The van der Waals surface area contributed by atoms with E-state index >= 15 is 0 Å². The highest BCUT2D eigenvalue weighted by atomic mass is 32.2. The molecule has 1 amide bonds. The Bertz CT molecular complexity index is 1130. The lowest BCUT2D eigenvalue weighted by Crippen LogP contribution is -2.41. The molecule has 0 radical (unpaired) electrons. The number of aryl methyl sites for hydroxylation is 2. The summed E-state index contributed by atoms with van der Waals surface area (Å²) in [7, 11) is 0. The smallest absolute Gasteiger partial charge is 0.259 e. The Balaban J connectivity index is 1.38. The molecule has 0 aliphatic heterocycles. The number of aromatic amines is 1. The maximum Gasteiger partial charge on any atom is 0.259 e. The molecule has 1 fully saturated rings. The third-order valence-corrected chi connectivity index (χ3v) is 8.73. The summed E-state index contributed by atoms with van der Waals surface area (Å²) in [6.45, 7) is 6.56. The Kier molecular flexibility index (Phi) is 6.53. The number of aromatic nitrogens is 2. The number of thioether (sulfide) groups is 1. The third-order valence-electron chi connectivity index (χ3n) is 6.48. The monoisotopic (exact) mass is 455 g/mol. The average molecular weight is 456 g/mol. The van der Waals surface area contributed by atoms with E-state index in [9.17, 15) is 9.59 Å². The highest BCUT2D eigenvalue weighted by Crippen LogP contribution is 2.40. The Morgan fingerprint density at radius 1 is 1.26 bits per heavy atom. The molecule has 7 heteroatoms. The number of rotatable bonds is 7. The molecule has 5 nitrogen and oxygen atoms in total. The topological polar surface area (TPSA) is 74.8 Å². The number of amides is 1. The number of nitrogens with one attached hydrogen (secondary N) is 2. The van der Waals surface area contributed by atoms with Gasteiger partial charge in [0.25, 0.3) is 5.56 Å². The second-order valence-corrected chi connectivity index (χ2v) is 11.0. The fourth-order valence-corrected chi connectivity index (χ4v) is 6.29. The van der Waals surface area contributed by atoms with Crippen LogP contribution in [0.25, 0.3) is 10.2 Å². The Morgan fingerprint density at radius 3 is 2.68 bits per heavy atom. The first kappa shape index (κ1) is 22.1. The number of fused-ring (bicyclic) bond motifs is 1. The first-order valence-electron chi connectivity index (χ1n) is 10.8. The zero-order valence-electron chi connectivity index (χ0n) is 18.3. The van der Waals surface area contributed by atoms with Gasteiger partial charge >= 0.3 is 0 Å². The van der Waals surface area contributed by atoms with Gasteiger partial charge in [-0.2, -0.15) is 0 Å². The molecule has 1 aromatic carbocycles. The van der Waals surface area contributed by atoms with E-state index in [1.54, 1.807) is 11.3 Å². The van der Waals surface area contributed by atoms with Crippen LogP contribution in [-0.4, -0.2) is 27.7 Å². The minimum absolute atomic E-state index is 0.0402. The van der Waals surface area contributed by atoms with Gasteiger partial charge in [0, 0.05) is 16.8 Å². The van der Waals surface area contributed by atoms with Crippen molar-refractivity contribution in [1.82, 2.24) is 15.3 Å². The van der Waals surface area contributed by atoms with Gasteiger partial charge in [0.15, 0.2) is 0 Å². The summed E-state index contributed by atoms with van der Waals surface area (Å²) >= 11 is 3.05. The predicted molar refractivity (Wildman–Crippen MR) is 130 cm³/mol. The summed E-state index contributed by atoms with van der Waals surface area (Å²) in [5, 5.41) is 3.67. The van der Waals surface area contributed by atoms with Crippen LogP contribution in [0.2, 0.25) is 0 Å². The van der Waals surface area contributed by atoms with Crippen LogP contribution >= 0.6 is 23.1 Å². The van der Waals surface area contributed by atoms with Gasteiger partial charge < -0.3 is 10.3 Å². The zero-order valence-corrected chi connectivity index (χ0v) is 19.9. The van der Waals surface area contributed by atoms with E-state index < -0.39 is 0 Å². The van der Waals surface area contributed by atoms with Gasteiger partial charge in [-0.25, -0.2) is 4.98 Å². The number of carbonyl (C=O) groups excluding carboxylic acids is 1. The lowest BCUT2D eigenvalue weighted by Gasteiger charge is -2.30. The summed E-state index contributed by atoms with van der Waals surface area (Å²) in [5.74, 6) is 1.16. The van der Waals surface area contributed by atoms with Crippen LogP contribution in [0.5, 0.6) is 0 Å². The highest BCUT2D eigenvalue weighted by molar-refractivity contribution is 7.99. The number of thiophene rings is 1. The number of hydrogen-bond acceptors (Lipinski definition) is 5. The van der Waals surface area contributed by atoms with Crippen molar-refractivity contribution in [3.05, 3.63) is 62.5 Å². The molecule has 2 N–H and O–H groups in total. The van der Waals surface area contributed by atoms with E-state index in [0.29, 0.717) is 23.5 Å². The third kappa shape index (κ3) is 4.58. The molecule has 0 spiro atoms. The number of nitrogens with zero attached hydrogens (tertiary/aromatic N) is 1. The lowest BCUT2D eigenvalue weighted by molar-refractivity contribution is -0.120. The zero-order chi connectivity index (χ0) is 22.0. The van der Waals surface area contributed by atoms with Crippen LogP contribution in [0.3, 0.4) is 0 Å². The van der Waals surface area contributed by atoms with E-state index in [1.807, 2.05) is 26.8 Å². The van der Waals surface area contributed by atoms with Crippen LogP contribution in [-0.2, 0) is 16.0 Å². The fourth-order valence-electron chi connectivity index (χ4n) is 4.46. The SMILES string of the molecule is Cc1sc2nc(CSC(C)C(=O)NCC3(c4ccccc4)CCCC3)[nH]c(=O)c2c1C. The van der Waals surface area contributed by atoms with E-state index in [2.05, 4.69) is 39.6 Å². The fraction of sp³-hybridized carbons (Fsp3) is 0.458. The second kappa shape index (κ2) is 9.17. The van der Waals surface area contributed by atoms with Crippen molar-refractivity contribution in [3.8, 4) is 0 Å². The van der Waals surface area contributed by atoms with Crippen LogP contribution in [0, 0.1) is 13.8 Å². The van der Waals surface area contributed by atoms with Gasteiger partial charge in [-0.1, -0.05) is 43.2 Å². The van der Waals surface area contributed by atoms with Crippen LogP contribution in [0.15, 0.2) is 35.1 Å². The maximum absolute atomic E-state index is 12.8. The first-order chi connectivity index (χ1) is 14.9. The van der Waals surface area contributed by atoms with Gasteiger partial charge in [0.05, 0.1) is 16.4 Å². The van der Waals surface area contributed by atoms with Crippen molar-refractivity contribution in [1.29, 1.82) is 0 Å². The predicted octanol–water partition coefficient (Wildman–Crippen LogP) is 4.85. The molecule has 1 atom stereocenters. The normalized spacial score (nSPS) is 16.5. The summed E-state index contributed by atoms with van der Waals surface area (Å²) in [6, 6.07) is 10.6. The molecule has 4 rings (SSSR count). The molecule has 1 aliphatic rings. The van der Waals surface area contributed by atoms with Crippen molar-refractivity contribution in [2.45, 2.75) is 62.9 Å². The number of hydrogen-bond donors (Lipinski definition) is 2. The minimum atomic E-state index is -0.220. The van der Waals surface area contributed by atoms with Crippen molar-refractivity contribution in [2.24, 2.45) is 0 Å². The second-order valence-electron chi connectivity index (χ2n) is 8.50. The van der Waals surface area contributed by atoms with E-state index in [0.717, 1.165) is 28.1 Å². The standard InChI is InChI=1S/C24H29N3O2S2/c1-15-16(2)31-23-20(15)22(29)26-19(27-23)13-30-17(3)21(28)25-14-24(11-7-8-12-24)18-9-5-4-6-10-18/h4-6,9-10,17H,7-8,11-14H2,1-3H3,(H,25,28)(H,26,27,29). The van der Waals surface area contributed by atoms with Crippen molar-refractivity contribution in [3.63, 3.8) is 0 Å². The van der Waals surface area contributed by atoms with Gasteiger partial charge in [0.2, 0.25) is 5.91 Å². The lowest BCUT2D eigenvalue weighted by atomic mass is 9.79. The van der Waals surface area contributed by atoms with Crippen LogP contribution in [0.4, 0.5) is 0 Å². The Morgan fingerprint density at radius 2 is 1.97 bits per heavy atom. The van der Waals surface area contributed by atoms with Gasteiger partial charge in [0.1, 0.15) is 10.7 Å². The molecular formula is C24H29N3O2S2. The number of benzene rings is 1. The molecule has 0 bridgehead atoms. The van der Waals surface area contributed by atoms with E-state index in [1.165, 1.54) is 30.2 Å². The van der Waals surface area contributed by atoms with Crippen LogP contribution in [0.1, 0.15) is 54.4 Å². The minimum Gasteiger partial charge on any atom is -0.354 e. The van der Waals surface area contributed by atoms with E-state index in [4.69, 9.17) is 0 Å². The molecule has 164 valence electrons. The number of carbonyl (C=O) groups is 1. The Hall–Kier alpha value is -2.12. The maximum atomic E-state index is 12.8. The molecule has 1 saturated carbocycles. The van der Waals surface area contributed by atoms with Crippen molar-refractivity contribution in [2.75, 3.05) is 6.54 Å².